The summed E-state index contributed by atoms with van der Waals surface area (Å²) in [5.74, 6) is 0.283. The molecule has 0 saturated carbocycles. The lowest BCUT2D eigenvalue weighted by Crippen LogP contribution is -2.06. The molecule has 0 aliphatic carbocycles. The first-order chi connectivity index (χ1) is 10.1. The smallest absolute Gasteiger partial charge is 0.144 e. The van der Waals surface area contributed by atoms with Crippen LogP contribution in [0, 0.1) is 5.82 Å². The average Bonchev–Trinajstić information content (AvgIpc) is 3.05. The Kier molecular flexibility index (Phi) is 4.20. The lowest BCUT2D eigenvalue weighted by molar-refractivity contribution is 0.629. The fourth-order valence-corrected chi connectivity index (χ4v) is 3.38. The molecule has 2 heterocycles. The molecule has 0 amide bonds. The van der Waals surface area contributed by atoms with Crippen molar-refractivity contribution in [2.24, 2.45) is 0 Å². The molecule has 0 bridgehead atoms. The largest absolute Gasteiger partial charge is 0.326 e. The van der Waals surface area contributed by atoms with Gasteiger partial charge in [0.05, 0.1) is 21.4 Å². The number of hydrogen-bond acceptors (Lipinski definition) is 2. The molecule has 3 aromatic rings. The quantitative estimate of drug-likeness (QED) is 0.577. The highest BCUT2D eigenvalue weighted by Crippen LogP contribution is 2.28. The van der Waals surface area contributed by atoms with Crippen LogP contribution in [0.4, 0.5) is 4.39 Å². The maximum Gasteiger partial charge on any atom is 0.144 e. The first-order valence-corrected chi connectivity index (χ1v) is 8.27. The molecule has 1 unspecified atom stereocenters. The Balaban J connectivity index is 2.04. The molecule has 110 valence electrons. The predicted molar refractivity (Wildman–Crippen MR) is 87.0 cm³/mol. The van der Waals surface area contributed by atoms with Crippen LogP contribution in [0.3, 0.4) is 0 Å². The lowest BCUT2D eigenvalue weighted by atomic mass is 10.3. The minimum Gasteiger partial charge on any atom is -0.326 e. The van der Waals surface area contributed by atoms with E-state index in [1.807, 2.05) is 17.6 Å². The van der Waals surface area contributed by atoms with Gasteiger partial charge >= 0.3 is 0 Å². The maximum absolute atomic E-state index is 13.6. The standard InChI is InChI=1S/C15H13Cl2FN2S/c1-9(16)15-19-13-8-12(18)11(17)7-14(13)20(15)5-4-10-3-2-6-21-10/h2-3,6-9H,4-5H2,1H3. The van der Waals surface area contributed by atoms with Gasteiger partial charge in [0, 0.05) is 17.5 Å². The highest BCUT2D eigenvalue weighted by atomic mass is 35.5. The van der Waals surface area contributed by atoms with E-state index in [0.717, 1.165) is 24.3 Å². The van der Waals surface area contributed by atoms with Gasteiger partial charge in [0.25, 0.3) is 0 Å². The van der Waals surface area contributed by atoms with Gasteiger partial charge in [-0.1, -0.05) is 17.7 Å². The summed E-state index contributed by atoms with van der Waals surface area (Å²) in [6.07, 6.45) is 0.884. The van der Waals surface area contributed by atoms with Crippen molar-refractivity contribution in [3.8, 4) is 0 Å². The Hall–Kier alpha value is -1.10. The molecule has 0 aliphatic rings. The molecule has 0 fully saturated rings. The number of halogens is 3. The van der Waals surface area contributed by atoms with Gasteiger partial charge in [0.1, 0.15) is 11.6 Å². The van der Waals surface area contributed by atoms with Crippen molar-refractivity contribution >= 4 is 45.6 Å². The van der Waals surface area contributed by atoms with Crippen LogP contribution >= 0.6 is 34.5 Å². The third kappa shape index (κ3) is 2.93. The summed E-state index contributed by atoms with van der Waals surface area (Å²) in [6.45, 7) is 2.60. The average molecular weight is 343 g/mol. The van der Waals surface area contributed by atoms with Crippen molar-refractivity contribution < 1.29 is 4.39 Å². The maximum atomic E-state index is 13.6. The molecule has 1 aromatic carbocycles. The number of imidazole rings is 1. The third-order valence-electron chi connectivity index (χ3n) is 3.34. The van der Waals surface area contributed by atoms with Gasteiger partial charge in [-0.15, -0.1) is 22.9 Å². The number of thiophene rings is 1. The molecular weight excluding hydrogens is 330 g/mol. The van der Waals surface area contributed by atoms with Crippen LogP contribution in [0.5, 0.6) is 0 Å². The summed E-state index contributed by atoms with van der Waals surface area (Å²) in [5.41, 5.74) is 1.41. The van der Waals surface area contributed by atoms with E-state index in [2.05, 4.69) is 16.4 Å². The van der Waals surface area contributed by atoms with Crippen LogP contribution in [0.1, 0.15) is 23.0 Å². The molecule has 3 rings (SSSR count). The van der Waals surface area contributed by atoms with Crippen molar-refractivity contribution in [1.82, 2.24) is 9.55 Å². The van der Waals surface area contributed by atoms with Crippen molar-refractivity contribution in [3.05, 3.63) is 51.2 Å². The fraction of sp³-hybridized carbons (Fsp3) is 0.267. The number of alkyl halides is 1. The number of hydrogen-bond donors (Lipinski definition) is 0. The number of rotatable bonds is 4. The van der Waals surface area contributed by atoms with Crippen LogP contribution in [-0.4, -0.2) is 9.55 Å². The Bertz CT molecular complexity index is 766. The zero-order valence-corrected chi connectivity index (χ0v) is 13.6. The van der Waals surface area contributed by atoms with Gasteiger partial charge in [0.15, 0.2) is 0 Å². The highest BCUT2D eigenvalue weighted by molar-refractivity contribution is 7.09. The zero-order chi connectivity index (χ0) is 15.0. The Morgan fingerprint density at radius 3 is 2.90 bits per heavy atom. The van der Waals surface area contributed by atoms with Gasteiger partial charge in [-0.25, -0.2) is 9.37 Å². The van der Waals surface area contributed by atoms with Gasteiger partial charge in [-0.3, -0.25) is 0 Å². The van der Waals surface area contributed by atoms with E-state index in [-0.39, 0.29) is 10.4 Å². The van der Waals surface area contributed by atoms with Crippen molar-refractivity contribution in [3.63, 3.8) is 0 Å². The van der Waals surface area contributed by atoms with Crippen LogP contribution in [0.15, 0.2) is 29.6 Å². The summed E-state index contributed by atoms with van der Waals surface area (Å²) >= 11 is 13.8. The molecule has 0 radical (unpaired) electrons. The Labute approximate surface area is 136 Å². The molecule has 0 N–H and O–H groups in total. The summed E-state index contributed by atoms with van der Waals surface area (Å²) in [6, 6.07) is 7.11. The summed E-state index contributed by atoms with van der Waals surface area (Å²) in [4.78, 5) is 5.74. The minimum absolute atomic E-state index is 0.105. The molecule has 0 aliphatic heterocycles. The Morgan fingerprint density at radius 1 is 1.43 bits per heavy atom. The monoisotopic (exact) mass is 342 g/mol. The number of aryl methyl sites for hydroxylation is 2. The third-order valence-corrected chi connectivity index (χ3v) is 4.76. The van der Waals surface area contributed by atoms with Gasteiger partial charge in [-0.2, -0.15) is 0 Å². The summed E-state index contributed by atoms with van der Waals surface area (Å²) in [7, 11) is 0. The first kappa shape index (κ1) is 14.8. The number of nitrogens with zero attached hydrogens (tertiary/aromatic N) is 2. The molecule has 1 atom stereocenters. The molecule has 2 aromatic heterocycles. The van der Waals surface area contributed by atoms with Crippen LogP contribution < -0.4 is 0 Å². The van der Waals surface area contributed by atoms with E-state index >= 15 is 0 Å². The molecular formula is C15H13Cl2FN2S. The molecule has 6 heteroatoms. The fourth-order valence-electron chi connectivity index (χ4n) is 2.35. The predicted octanol–water partition coefficient (Wildman–Crippen LogP) is 5.43. The van der Waals surface area contributed by atoms with Gasteiger partial charge < -0.3 is 4.57 Å². The summed E-state index contributed by atoms with van der Waals surface area (Å²) in [5, 5.41) is 1.91. The topological polar surface area (TPSA) is 17.8 Å². The molecule has 2 nitrogen and oxygen atoms in total. The van der Waals surface area contributed by atoms with E-state index in [4.69, 9.17) is 23.2 Å². The van der Waals surface area contributed by atoms with E-state index in [1.165, 1.54) is 10.9 Å². The highest BCUT2D eigenvalue weighted by Gasteiger charge is 2.17. The second-order valence-electron chi connectivity index (χ2n) is 4.82. The first-order valence-electron chi connectivity index (χ1n) is 6.58. The van der Waals surface area contributed by atoms with Crippen LogP contribution in [0.25, 0.3) is 11.0 Å². The van der Waals surface area contributed by atoms with Crippen molar-refractivity contribution in [1.29, 1.82) is 0 Å². The SMILES string of the molecule is CC(Cl)c1nc2cc(F)c(Cl)cc2n1CCc1cccs1. The lowest BCUT2D eigenvalue weighted by Gasteiger charge is -2.10. The van der Waals surface area contributed by atoms with Gasteiger partial charge in [0.2, 0.25) is 0 Å². The molecule has 21 heavy (non-hydrogen) atoms. The van der Waals surface area contributed by atoms with E-state index in [9.17, 15) is 4.39 Å². The van der Waals surface area contributed by atoms with Crippen molar-refractivity contribution in [2.75, 3.05) is 0 Å². The second-order valence-corrected chi connectivity index (χ2v) is 6.92. The number of benzene rings is 1. The molecule has 0 saturated heterocycles. The number of fused-ring (bicyclic) bond motifs is 1. The van der Waals surface area contributed by atoms with E-state index < -0.39 is 5.82 Å². The summed E-state index contributed by atoms with van der Waals surface area (Å²) < 4.78 is 15.6. The second kappa shape index (κ2) is 5.95. The van der Waals surface area contributed by atoms with E-state index in [0.29, 0.717) is 5.52 Å². The van der Waals surface area contributed by atoms with Crippen LogP contribution in [0.2, 0.25) is 5.02 Å². The zero-order valence-electron chi connectivity index (χ0n) is 11.3. The Morgan fingerprint density at radius 2 is 2.24 bits per heavy atom. The minimum atomic E-state index is -0.458. The number of aromatic nitrogens is 2. The van der Waals surface area contributed by atoms with Crippen LogP contribution in [-0.2, 0) is 13.0 Å². The van der Waals surface area contributed by atoms with Crippen molar-refractivity contribution in [2.45, 2.75) is 25.3 Å². The van der Waals surface area contributed by atoms with E-state index in [1.54, 1.807) is 17.4 Å². The normalized spacial score (nSPS) is 13.0. The molecule has 0 spiro atoms. The van der Waals surface area contributed by atoms with Gasteiger partial charge in [-0.05, 0) is 30.9 Å².